The van der Waals surface area contributed by atoms with Crippen LogP contribution >= 0.6 is 0 Å². The van der Waals surface area contributed by atoms with Crippen molar-refractivity contribution >= 4 is 17.9 Å². The third-order valence-electron chi connectivity index (χ3n) is 9.77. The molecule has 1 N–H and O–H groups in total. The molecular weight excluding hydrogens is 707 g/mol. The third-order valence-corrected chi connectivity index (χ3v) is 9.77. The second-order valence-electron chi connectivity index (χ2n) is 15.3. The van der Waals surface area contributed by atoms with Crippen LogP contribution in [0, 0.1) is 5.92 Å². The van der Waals surface area contributed by atoms with Crippen molar-refractivity contribution in [3.05, 3.63) is 24.3 Å². The monoisotopic (exact) mass is 794 g/mol. The van der Waals surface area contributed by atoms with Crippen LogP contribution in [-0.2, 0) is 38.1 Å². The predicted octanol–water partition coefficient (Wildman–Crippen LogP) is 11.9. The van der Waals surface area contributed by atoms with E-state index < -0.39 is 12.2 Å². The van der Waals surface area contributed by atoms with Crippen molar-refractivity contribution < 1.29 is 38.1 Å². The lowest BCUT2D eigenvalue weighted by atomic mass is 10.1. The van der Waals surface area contributed by atoms with Crippen LogP contribution in [0.2, 0.25) is 0 Å². The van der Waals surface area contributed by atoms with E-state index >= 15 is 0 Å². The molecule has 0 aromatic rings. The number of carbonyl (C=O) groups excluding carboxylic acids is 3. The average molecular weight is 794 g/mol. The molecule has 0 fully saturated rings. The normalized spacial score (nSPS) is 12.2. The van der Waals surface area contributed by atoms with Crippen molar-refractivity contribution in [3.8, 4) is 0 Å². The van der Waals surface area contributed by atoms with Crippen molar-refractivity contribution in [2.75, 3.05) is 46.6 Å². The zero-order chi connectivity index (χ0) is 41.0. The first kappa shape index (κ1) is 53.8. The van der Waals surface area contributed by atoms with E-state index in [2.05, 4.69) is 50.4 Å². The van der Waals surface area contributed by atoms with Crippen LogP contribution in [-0.4, -0.2) is 70.8 Å². The van der Waals surface area contributed by atoms with Gasteiger partial charge in [0.15, 0.2) is 6.29 Å². The molecule has 9 heteroatoms. The number of ether oxygens (including phenoxy) is 5. The van der Waals surface area contributed by atoms with Gasteiger partial charge in [0.1, 0.15) is 19.8 Å². The molecule has 56 heavy (non-hydrogen) atoms. The van der Waals surface area contributed by atoms with Gasteiger partial charge in [-0.25, -0.2) is 0 Å². The van der Waals surface area contributed by atoms with Gasteiger partial charge in [-0.05, 0) is 71.4 Å². The summed E-state index contributed by atoms with van der Waals surface area (Å²) in [7, 11) is 1.84. The summed E-state index contributed by atoms with van der Waals surface area (Å²) >= 11 is 0. The summed E-state index contributed by atoms with van der Waals surface area (Å²) in [6.45, 7) is 8.67. The molecule has 0 aliphatic carbocycles. The molecule has 0 radical (unpaired) electrons. The van der Waals surface area contributed by atoms with Crippen LogP contribution in [0.1, 0.15) is 201 Å². The van der Waals surface area contributed by atoms with Gasteiger partial charge in [-0.15, -0.1) is 0 Å². The number of allylic oxidation sites excluding steroid dienone is 4. The van der Waals surface area contributed by atoms with Crippen molar-refractivity contribution in [1.82, 2.24) is 5.32 Å². The Hall–Kier alpha value is -2.23. The van der Waals surface area contributed by atoms with E-state index in [4.69, 9.17) is 23.7 Å². The highest BCUT2D eigenvalue weighted by atomic mass is 16.7. The first-order valence-corrected chi connectivity index (χ1v) is 23.1. The van der Waals surface area contributed by atoms with Gasteiger partial charge in [0.2, 0.25) is 0 Å². The maximum absolute atomic E-state index is 12.9. The molecule has 0 spiro atoms. The van der Waals surface area contributed by atoms with Gasteiger partial charge in [0.05, 0.1) is 12.3 Å². The maximum atomic E-state index is 12.9. The summed E-state index contributed by atoms with van der Waals surface area (Å²) in [6.07, 6.45) is 37.0. The lowest BCUT2D eigenvalue weighted by Gasteiger charge is -2.20. The molecule has 0 amide bonds. The van der Waals surface area contributed by atoms with E-state index in [0.29, 0.717) is 45.4 Å². The Morgan fingerprint density at radius 3 is 1.41 bits per heavy atom. The Bertz CT molecular complexity index is 921. The number of hydrogen-bond acceptors (Lipinski definition) is 9. The second kappa shape index (κ2) is 43.9. The van der Waals surface area contributed by atoms with Gasteiger partial charge in [-0.1, -0.05) is 141 Å². The molecule has 0 aromatic carbocycles. The number of hydrogen-bond donors (Lipinski definition) is 1. The second-order valence-corrected chi connectivity index (χ2v) is 15.3. The molecule has 0 aliphatic heterocycles. The SMILES string of the molecule is CCCCC/C=C\C/C=C\CCCCCCCC(=O)OCC(COC(=O)CCCNC)COC(=O)CCC(OCCCCCCCC)OCCCCCCCC. The Morgan fingerprint density at radius 2 is 0.893 bits per heavy atom. The van der Waals surface area contributed by atoms with Gasteiger partial charge < -0.3 is 29.0 Å². The highest BCUT2D eigenvalue weighted by Crippen LogP contribution is 2.14. The standard InChI is InChI=1S/C47H87NO8/c1-5-8-11-14-17-18-19-20-21-22-23-24-25-26-29-33-44(49)54-40-43(41-55-45(50)34-32-37-48-4)42-56-46(51)35-36-47(52-38-30-27-15-12-9-6-2)53-39-31-28-16-13-10-7-3/h17-18,20-21,43,47-48H,5-16,19,22-42H2,1-4H3/b18-17-,21-20-. The first-order valence-electron chi connectivity index (χ1n) is 23.1. The largest absolute Gasteiger partial charge is 0.465 e. The summed E-state index contributed by atoms with van der Waals surface area (Å²) in [5.74, 6) is -1.41. The minimum absolute atomic E-state index is 0.00149. The van der Waals surface area contributed by atoms with E-state index in [1.165, 1.54) is 77.0 Å². The third kappa shape index (κ3) is 40.0. The summed E-state index contributed by atoms with van der Waals surface area (Å²) in [5.41, 5.74) is 0. The zero-order valence-electron chi connectivity index (χ0n) is 36.8. The van der Waals surface area contributed by atoms with E-state index in [1.807, 2.05) is 7.05 Å². The van der Waals surface area contributed by atoms with Crippen LogP contribution in [0.4, 0.5) is 0 Å². The van der Waals surface area contributed by atoms with Crippen LogP contribution < -0.4 is 5.32 Å². The minimum Gasteiger partial charge on any atom is -0.465 e. The summed E-state index contributed by atoms with van der Waals surface area (Å²) in [6, 6.07) is 0. The van der Waals surface area contributed by atoms with Gasteiger partial charge in [0.25, 0.3) is 0 Å². The van der Waals surface area contributed by atoms with Crippen molar-refractivity contribution in [2.45, 2.75) is 207 Å². The molecule has 0 aliphatic rings. The van der Waals surface area contributed by atoms with Crippen LogP contribution in [0.3, 0.4) is 0 Å². The molecular formula is C47H87NO8. The first-order chi connectivity index (χ1) is 27.5. The van der Waals surface area contributed by atoms with Gasteiger partial charge in [0, 0.05) is 32.5 Å². The van der Waals surface area contributed by atoms with E-state index in [1.54, 1.807) is 0 Å². The number of esters is 3. The van der Waals surface area contributed by atoms with Gasteiger partial charge in [-0.3, -0.25) is 14.4 Å². The molecule has 0 bridgehead atoms. The quantitative estimate of drug-likeness (QED) is 0.0212. The van der Waals surface area contributed by atoms with E-state index in [9.17, 15) is 14.4 Å². The lowest BCUT2D eigenvalue weighted by molar-refractivity contribution is -0.162. The Morgan fingerprint density at radius 1 is 0.482 bits per heavy atom. The summed E-state index contributed by atoms with van der Waals surface area (Å²) in [5, 5.41) is 3.02. The Kier molecular flexibility index (Phi) is 42.1. The number of unbranched alkanes of at least 4 members (excludes halogenated alkanes) is 18. The fourth-order valence-electron chi connectivity index (χ4n) is 6.13. The smallest absolute Gasteiger partial charge is 0.305 e. The molecule has 0 heterocycles. The van der Waals surface area contributed by atoms with Gasteiger partial charge in [-0.2, -0.15) is 0 Å². The highest BCUT2D eigenvalue weighted by Gasteiger charge is 2.19. The number of nitrogens with one attached hydrogen (secondary N) is 1. The fourth-order valence-corrected chi connectivity index (χ4v) is 6.13. The number of carbonyl (C=O) groups is 3. The average Bonchev–Trinajstić information content (AvgIpc) is 3.20. The summed E-state index contributed by atoms with van der Waals surface area (Å²) < 4.78 is 28.8. The van der Waals surface area contributed by atoms with Crippen molar-refractivity contribution in [2.24, 2.45) is 5.92 Å². The molecule has 1 atom stereocenters. The molecule has 1 unspecified atom stereocenters. The fraction of sp³-hybridized carbons (Fsp3) is 0.851. The van der Waals surface area contributed by atoms with Crippen molar-refractivity contribution in [3.63, 3.8) is 0 Å². The zero-order valence-corrected chi connectivity index (χ0v) is 36.8. The minimum atomic E-state index is -0.446. The molecule has 0 saturated heterocycles. The predicted molar refractivity (Wildman–Crippen MR) is 231 cm³/mol. The molecule has 328 valence electrons. The molecule has 0 rings (SSSR count). The lowest BCUT2D eigenvalue weighted by Crippen LogP contribution is -2.27. The van der Waals surface area contributed by atoms with E-state index in [0.717, 1.165) is 70.6 Å². The Balaban J connectivity index is 4.67. The maximum Gasteiger partial charge on any atom is 0.305 e. The van der Waals surface area contributed by atoms with Crippen LogP contribution in [0.5, 0.6) is 0 Å². The van der Waals surface area contributed by atoms with Crippen LogP contribution in [0.25, 0.3) is 0 Å². The Labute approximate surface area is 344 Å². The molecule has 0 aromatic heterocycles. The van der Waals surface area contributed by atoms with Crippen LogP contribution in [0.15, 0.2) is 24.3 Å². The van der Waals surface area contributed by atoms with Gasteiger partial charge >= 0.3 is 17.9 Å². The van der Waals surface area contributed by atoms with Crippen molar-refractivity contribution in [1.29, 1.82) is 0 Å². The highest BCUT2D eigenvalue weighted by molar-refractivity contribution is 5.70. The summed E-state index contributed by atoms with van der Waals surface area (Å²) in [4.78, 5) is 37.7. The number of rotatable bonds is 43. The molecule has 0 saturated carbocycles. The molecule has 9 nitrogen and oxygen atoms in total. The topological polar surface area (TPSA) is 109 Å². The van der Waals surface area contributed by atoms with E-state index in [-0.39, 0.29) is 44.1 Å².